The third kappa shape index (κ3) is 3.32. The minimum atomic E-state index is -3.87. The number of fused-ring (bicyclic) bond motifs is 1. The Morgan fingerprint density at radius 1 is 0.900 bits per heavy atom. The Balaban J connectivity index is 1.88. The Kier molecular flexibility index (Phi) is 5.00. The predicted molar refractivity (Wildman–Crippen MR) is 118 cm³/mol. The van der Waals surface area contributed by atoms with Gasteiger partial charge in [-0.1, -0.05) is 60.2 Å². The van der Waals surface area contributed by atoms with E-state index >= 15 is 0 Å². The highest BCUT2D eigenvalue weighted by Crippen LogP contribution is 2.46. The Morgan fingerprint density at radius 2 is 1.53 bits per heavy atom. The number of hydrogen-bond acceptors (Lipinski definition) is 3. The van der Waals surface area contributed by atoms with Crippen LogP contribution in [-0.4, -0.2) is 14.3 Å². The van der Waals surface area contributed by atoms with E-state index in [1.54, 1.807) is 31.2 Å². The van der Waals surface area contributed by atoms with Crippen LogP contribution in [0.15, 0.2) is 77.7 Å². The summed E-state index contributed by atoms with van der Waals surface area (Å²) in [6, 6.07) is 20.9. The van der Waals surface area contributed by atoms with Gasteiger partial charge >= 0.3 is 0 Å². The van der Waals surface area contributed by atoms with E-state index in [1.165, 1.54) is 0 Å². The molecule has 2 atom stereocenters. The Bertz CT molecular complexity index is 1220. The third-order valence-electron chi connectivity index (χ3n) is 5.89. The second-order valence-corrected chi connectivity index (χ2v) is 9.64. The quantitative estimate of drug-likeness (QED) is 0.649. The molecule has 154 valence electrons. The average Bonchev–Trinajstić information content (AvgIpc) is 2.98. The number of carbonyl (C=O) groups excluding carboxylic acids is 1. The Morgan fingerprint density at radius 3 is 2.23 bits per heavy atom. The van der Waals surface area contributed by atoms with Crippen molar-refractivity contribution in [3.63, 3.8) is 0 Å². The molecule has 0 aliphatic carbocycles. The van der Waals surface area contributed by atoms with Crippen molar-refractivity contribution in [1.29, 1.82) is 0 Å². The molecule has 3 aromatic rings. The molecule has 3 aromatic carbocycles. The standard InChI is InChI=1S/C24H24N2O3S/c1-16-12-14-18(15-13-16)30(28,29)26-22(19-9-5-4-8-17(19)2)24(3)20-10-6-7-11-21(20)25-23(24)27/h4-15,22,26H,1-3H3,(H,25,27)/t22-,24?/m1/s1. The molecule has 1 aliphatic heterocycles. The number of nitrogens with one attached hydrogen (secondary N) is 2. The zero-order valence-corrected chi connectivity index (χ0v) is 18.0. The van der Waals surface area contributed by atoms with E-state index in [9.17, 15) is 13.2 Å². The number of amides is 1. The second-order valence-electron chi connectivity index (χ2n) is 7.93. The van der Waals surface area contributed by atoms with Crippen LogP contribution >= 0.6 is 0 Å². The zero-order valence-electron chi connectivity index (χ0n) is 17.1. The molecule has 0 fully saturated rings. The Labute approximate surface area is 177 Å². The number of para-hydroxylation sites is 1. The minimum Gasteiger partial charge on any atom is -0.325 e. The fourth-order valence-corrected chi connectivity index (χ4v) is 5.35. The maximum absolute atomic E-state index is 13.3. The first-order chi connectivity index (χ1) is 14.2. The molecule has 0 saturated carbocycles. The van der Waals surface area contributed by atoms with Gasteiger partial charge in [0, 0.05) is 5.69 Å². The molecule has 1 heterocycles. The molecule has 4 rings (SSSR count). The Hall–Kier alpha value is -2.96. The summed E-state index contributed by atoms with van der Waals surface area (Å²) < 4.78 is 29.5. The molecule has 0 spiro atoms. The summed E-state index contributed by atoms with van der Waals surface area (Å²) >= 11 is 0. The molecular formula is C24H24N2O3S. The van der Waals surface area contributed by atoms with Gasteiger partial charge in [-0.15, -0.1) is 0 Å². The first-order valence-corrected chi connectivity index (χ1v) is 11.3. The lowest BCUT2D eigenvalue weighted by molar-refractivity contribution is -0.121. The number of sulfonamides is 1. The van der Waals surface area contributed by atoms with Crippen molar-refractivity contribution < 1.29 is 13.2 Å². The smallest absolute Gasteiger partial charge is 0.241 e. The highest BCUT2D eigenvalue weighted by Gasteiger charge is 2.50. The van der Waals surface area contributed by atoms with Gasteiger partial charge in [-0.3, -0.25) is 4.79 Å². The number of aryl methyl sites for hydroxylation is 2. The first-order valence-electron chi connectivity index (χ1n) is 9.79. The van der Waals surface area contributed by atoms with Crippen LogP contribution < -0.4 is 10.0 Å². The van der Waals surface area contributed by atoms with E-state index in [0.29, 0.717) is 5.69 Å². The van der Waals surface area contributed by atoms with Gasteiger partial charge in [0.1, 0.15) is 0 Å². The van der Waals surface area contributed by atoms with Crippen molar-refractivity contribution in [2.75, 3.05) is 5.32 Å². The molecule has 6 heteroatoms. The predicted octanol–water partition coefficient (Wildman–Crippen LogP) is 4.23. The maximum atomic E-state index is 13.3. The molecule has 0 saturated heterocycles. The summed E-state index contributed by atoms with van der Waals surface area (Å²) in [6.45, 7) is 5.62. The van der Waals surface area contributed by atoms with Gasteiger partial charge in [0.2, 0.25) is 15.9 Å². The molecule has 5 nitrogen and oxygen atoms in total. The highest BCUT2D eigenvalue weighted by molar-refractivity contribution is 7.89. The fourth-order valence-electron chi connectivity index (χ4n) is 4.05. The summed E-state index contributed by atoms with van der Waals surface area (Å²) in [6.07, 6.45) is 0. The molecule has 2 N–H and O–H groups in total. The average molecular weight is 421 g/mol. The van der Waals surface area contributed by atoms with Gasteiger partial charge in [0.05, 0.1) is 16.4 Å². The molecular weight excluding hydrogens is 396 g/mol. The van der Waals surface area contributed by atoms with Crippen molar-refractivity contribution >= 4 is 21.6 Å². The van der Waals surface area contributed by atoms with E-state index in [4.69, 9.17) is 0 Å². The first kappa shape index (κ1) is 20.3. The van der Waals surface area contributed by atoms with Crippen LogP contribution in [0.5, 0.6) is 0 Å². The van der Waals surface area contributed by atoms with Gasteiger partial charge < -0.3 is 5.32 Å². The van der Waals surface area contributed by atoms with E-state index in [0.717, 1.165) is 22.3 Å². The van der Waals surface area contributed by atoms with Gasteiger partial charge in [0.15, 0.2) is 0 Å². The van der Waals surface area contributed by atoms with Gasteiger partial charge in [-0.25, -0.2) is 13.1 Å². The monoisotopic (exact) mass is 420 g/mol. The van der Waals surface area contributed by atoms with Crippen LogP contribution in [-0.2, 0) is 20.2 Å². The van der Waals surface area contributed by atoms with Crippen LogP contribution in [0.3, 0.4) is 0 Å². The van der Waals surface area contributed by atoms with Gasteiger partial charge in [-0.05, 0) is 55.7 Å². The van der Waals surface area contributed by atoms with Crippen molar-refractivity contribution in [2.45, 2.75) is 37.1 Å². The van der Waals surface area contributed by atoms with Crippen LogP contribution in [0, 0.1) is 13.8 Å². The zero-order chi connectivity index (χ0) is 21.5. The number of rotatable bonds is 5. The van der Waals surface area contributed by atoms with E-state index < -0.39 is 21.5 Å². The van der Waals surface area contributed by atoms with Crippen molar-refractivity contribution in [3.8, 4) is 0 Å². The lowest BCUT2D eigenvalue weighted by Gasteiger charge is -2.34. The van der Waals surface area contributed by atoms with Crippen molar-refractivity contribution in [3.05, 3.63) is 95.1 Å². The SMILES string of the molecule is Cc1ccc(S(=O)(=O)N[C@H](c2ccccc2C)C2(C)C(=O)Nc3ccccc32)cc1. The summed E-state index contributed by atoms with van der Waals surface area (Å²) in [5, 5.41) is 2.92. The number of benzene rings is 3. The lowest BCUT2D eigenvalue weighted by atomic mass is 9.73. The molecule has 0 radical (unpaired) electrons. The molecule has 1 aliphatic rings. The summed E-state index contributed by atoms with van der Waals surface area (Å²) in [7, 11) is -3.87. The summed E-state index contributed by atoms with van der Waals surface area (Å²) in [5.41, 5.74) is 3.02. The van der Waals surface area contributed by atoms with Crippen LogP contribution in [0.2, 0.25) is 0 Å². The van der Waals surface area contributed by atoms with Crippen LogP contribution in [0.1, 0.15) is 35.2 Å². The highest BCUT2D eigenvalue weighted by atomic mass is 32.2. The molecule has 1 unspecified atom stereocenters. The van der Waals surface area contributed by atoms with Crippen LogP contribution in [0.25, 0.3) is 0 Å². The van der Waals surface area contributed by atoms with Gasteiger partial charge in [0.25, 0.3) is 0 Å². The minimum absolute atomic E-state index is 0.168. The number of hydrogen-bond donors (Lipinski definition) is 2. The second kappa shape index (κ2) is 7.38. The normalized spacial score (nSPS) is 19.2. The lowest BCUT2D eigenvalue weighted by Crippen LogP contribution is -2.46. The van der Waals surface area contributed by atoms with Gasteiger partial charge in [-0.2, -0.15) is 0 Å². The van der Waals surface area contributed by atoms with E-state index in [2.05, 4.69) is 10.0 Å². The van der Waals surface area contributed by atoms with Crippen molar-refractivity contribution in [2.24, 2.45) is 0 Å². The topological polar surface area (TPSA) is 75.3 Å². The van der Waals surface area contributed by atoms with Crippen LogP contribution in [0.4, 0.5) is 5.69 Å². The molecule has 0 bridgehead atoms. The molecule has 1 amide bonds. The maximum Gasteiger partial charge on any atom is 0.241 e. The number of carbonyl (C=O) groups is 1. The molecule has 0 aromatic heterocycles. The van der Waals surface area contributed by atoms with Crippen molar-refractivity contribution in [1.82, 2.24) is 4.72 Å². The summed E-state index contributed by atoms with van der Waals surface area (Å²) in [5.74, 6) is -0.233. The van der Waals surface area contributed by atoms with E-state index in [-0.39, 0.29) is 10.8 Å². The molecule has 30 heavy (non-hydrogen) atoms. The third-order valence-corrected chi connectivity index (χ3v) is 7.33. The summed E-state index contributed by atoms with van der Waals surface area (Å²) in [4.78, 5) is 13.4. The largest absolute Gasteiger partial charge is 0.325 e. The fraction of sp³-hybridized carbons (Fsp3) is 0.208. The number of anilines is 1. The van der Waals surface area contributed by atoms with E-state index in [1.807, 2.05) is 62.4 Å².